The van der Waals surface area contributed by atoms with Crippen LogP contribution < -0.4 is 5.32 Å². The number of aliphatic carboxylic acids is 1. The average Bonchev–Trinajstić information content (AvgIpc) is 3.01. The van der Waals surface area contributed by atoms with E-state index in [0.717, 1.165) is 17.7 Å². The summed E-state index contributed by atoms with van der Waals surface area (Å²) in [6, 6.07) is 4.74. The van der Waals surface area contributed by atoms with Crippen LogP contribution in [0.3, 0.4) is 0 Å². The number of rotatable bonds is 8. The summed E-state index contributed by atoms with van der Waals surface area (Å²) in [6.07, 6.45) is -0.474. The summed E-state index contributed by atoms with van der Waals surface area (Å²) in [4.78, 5) is 11.2. The molecule has 1 unspecified atom stereocenters. The number of carboxylic acids is 1. The fraction of sp³-hybridized carbons (Fsp3) is 0.444. The number of aromatic nitrogens is 2. The molecule has 0 fully saturated rings. The molecule has 2 N–H and O–H groups in total. The Labute approximate surface area is 149 Å². The number of hydrogen-bond acceptors (Lipinski definition) is 3. The number of benzene rings is 1. The summed E-state index contributed by atoms with van der Waals surface area (Å²) in [7, 11) is 0. The zero-order chi connectivity index (χ0) is 19.3. The number of nitrogens with zero attached hydrogens (tertiary/aromatic N) is 2. The standard InChI is InChI=1S/C18H22F3N3O2/c1-12(2)7-14(17(25)26)10-22-8-13-9-23-24(11-13)16-5-3-15(4-6-16)18(19,20)21/h3-6,9,11-12,14,22H,7-8,10H2,1-2H3,(H,25,26). The molecule has 1 aromatic carbocycles. The second-order valence-corrected chi connectivity index (χ2v) is 6.63. The molecule has 26 heavy (non-hydrogen) atoms. The van der Waals surface area contributed by atoms with Crippen LogP contribution in [-0.4, -0.2) is 27.4 Å². The largest absolute Gasteiger partial charge is 0.481 e. The fourth-order valence-electron chi connectivity index (χ4n) is 2.63. The molecular weight excluding hydrogens is 347 g/mol. The van der Waals surface area contributed by atoms with Gasteiger partial charge in [-0.05, 0) is 36.6 Å². The molecule has 0 saturated carbocycles. The van der Waals surface area contributed by atoms with E-state index in [4.69, 9.17) is 0 Å². The predicted octanol–water partition coefficient (Wildman–Crippen LogP) is 3.73. The summed E-state index contributed by atoms with van der Waals surface area (Å²) in [5.41, 5.74) is 0.631. The maximum Gasteiger partial charge on any atom is 0.416 e. The van der Waals surface area contributed by atoms with Gasteiger partial charge in [0.1, 0.15) is 0 Å². The Morgan fingerprint density at radius 3 is 2.46 bits per heavy atom. The maximum atomic E-state index is 12.6. The van der Waals surface area contributed by atoms with E-state index in [0.29, 0.717) is 31.1 Å². The van der Waals surface area contributed by atoms with Gasteiger partial charge in [-0.2, -0.15) is 18.3 Å². The lowest BCUT2D eigenvalue weighted by Gasteiger charge is -2.15. The van der Waals surface area contributed by atoms with Crippen LogP contribution >= 0.6 is 0 Å². The van der Waals surface area contributed by atoms with Crippen LogP contribution in [0.2, 0.25) is 0 Å². The van der Waals surface area contributed by atoms with Gasteiger partial charge in [0.2, 0.25) is 0 Å². The lowest BCUT2D eigenvalue weighted by Crippen LogP contribution is -2.29. The lowest BCUT2D eigenvalue weighted by molar-refractivity contribution is -0.142. The van der Waals surface area contributed by atoms with Gasteiger partial charge in [0.05, 0.1) is 23.4 Å². The summed E-state index contributed by atoms with van der Waals surface area (Å²) in [5, 5.41) is 16.5. The molecule has 0 amide bonds. The first-order valence-corrected chi connectivity index (χ1v) is 8.31. The van der Waals surface area contributed by atoms with E-state index in [1.807, 2.05) is 13.8 Å². The second kappa shape index (κ2) is 8.35. The molecule has 0 radical (unpaired) electrons. The lowest BCUT2D eigenvalue weighted by atomic mass is 9.97. The minimum Gasteiger partial charge on any atom is -0.481 e. The van der Waals surface area contributed by atoms with Crippen molar-refractivity contribution < 1.29 is 23.1 Å². The van der Waals surface area contributed by atoms with Gasteiger partial charge in [0.25, 0.3) is 0 Å². The number of alkyl halides is 3. The molecule has 0 saturated heterocycles. The minimum absolute atomic E-state index is 0.292. The van der Waals surface area contributed by atoms with Gasteiger partial charge in [-0.1, -0.05) is 13.8 Å². The Balaban J connectivity index is 1.94. The van der Waals surface area contributed by atoms with E-state index >= 15 is 0 Å². The summed E-state index contributed by atoms with van der Waals surface area (Å²) < 4.78 is 39.3. The molecule has 0 aliphatic heterocycles. The number of nitrogens with one attached hydrogen (secondary N) is 1. The third-order valence-electron chi connectivity index (χ3n) is 3.92. The van der Waals surface area contributed by atoms with Crippen LogP contribution in [0.15, 0.2) is 36.7 Å². The Bertz CT molecular complexity index is 724. The molecule has 0 bridgehead atoms. The highest BCUT2D eigenvalue weighted by Crippen LogP contribution is 2.29. The Morgan fingerprint density at radius 1 is 1.27 bits per heavy atom. The molecule has 2 aromatic rings. The third kappa shape index (κ3) is 5.59. The van der Waals surface area contributed by atoms with Crippen LogP contribution in [0.1, 0.15) is 31.4 Å². The molecule has 1 atom stereocenters. The molecule has 0 aliphatic carbocycles. The highest BCUT2D eigenvalue weighted by molar-refractivity contribution is 5.70. The van der Waals surface area contributed by atoms with Gasteiger partial charge < -0.3 is 10.4 Å². The Hall–Kier alpha value is -2.35. The van der Waals surface area contributed by atoms with Gasteiger partial charge in [0, 0.05) is 24.8 Å². The first-order valence-electron chi connectivity index (χ1n) is 8.31. The highest BCUT2D eigenvalue weighted by atomic mass is 19.4. The van der Waals surface area contributed by atoms with Crippen LogP contribution in [0, 0.1) is 11.8 Å². The van der Waals surface area contributed by atoms with Crippen molar-refractivity contribution in [2.45, 2.75) is 33.0 Å². The van der Waals surface area contributed by atoms with E-state index < -0.39 is 23.6 Å². The van der Waals surface area contributed by atoms with Gasteiger partial charge in [-0.15, -0.1) is 0 Å². The van der Waals surface area contributed by atoms with E-state index in [1.54, 1.807) is 12.4 Å². The van der Waals surface area contributed by atoms with Gasteiger partial charge in [-0.25, -0.2) is 4.68 Å². The Kier molecular flexibility index (Phi) is 6.42. The number of carbonyl (C=O) groups is 1. The molecule has 142 valence electrons. The molecule has 0 aliphatic rings. The van der Waals surface area contributed by atoms with Gasteiger partial charge >= 0.3 is 12.1 Å². The smallest absolute Gasteiger partial charge is 0.416 e. The van der Waals surface area contributed by atoms with E-state index in [-0.39, 0.29) is 0 Å². The van der Waals surface area contributed by atoms with Crippen molar-refractivity contribution in [1.29, 1.82) is 0 Å². The third-order valence-corrected chi connectivity index (χ3v) is 3.92. The van der Waals surface area contributed by atoms with Crippen LogP contribution in [0.5, 0.6) is 0 Å². The van der Waals surface area contributed by atoms with Crippen molar-refractivity contribution in [2.24, 2.45) is 11.8 Å². The quantitative estimate of drug-likeness (QED) is 0.744. The maximum absolute atomic E-state index is 12.6. The first kappa shape index (κ1) is 20.0. The van der Waals surface area contributed by atoms with Crippen molar-refractivity contribution in [3.8, 4) is 5.69 Å². The number of halogens is 3. The molecule has 2 rings (SSSR count). The highest BCUT2D eigenvalue weighted by Gasteiger charge is 2.30. The molecule has 1 heterocycles. The fourth-order valence-corrected chi connectivity index (χ4v) is 2.63. The predicted molar refractivity (Wildman–Crippen MR) is 90.9 cm³/mol. The van der Waals surface area contributed by atoms with Crippen LogP contribution in [0.4, 0.5) is 13.2 Å². The number of hydrogen-bond donors (Lipinski definition) is 2. The Morgan fingerprint density at radius 2 is 1.92 bits per heavy atom. The van der Waals surface area contributed by atoms with Crippen LogP contribution in [-0.2, 0) is 17.5 Å². The second-order valence-electron chi connectivity index (χ2n) is 6.63. The van der Waals surface area contributed by atoms with E-state index in [9.17, 15) is 23.1 Å². The summed E-state index contributed by atoms with van der Waals surface area (Å²) in [6.45, 7) is 4.73. The van der Waals surface area contributed by atoms with E-state index in [1.165, 1.54) is 16.8 Å². The summed E-state index contributed by atoms with van der Waals surface area (Å²) >= 11 is 0. The minimum atomic E-state index is -4.37. The SMILES string of the molecule is CC(C)CC(CNCc1cnn(-c2ccc(C(F)(F)F)cc2)c1)C(=O)O. The monoisotopic (exact) mass is 369 g/mol. The first-order chi connectivity index (χ1) is 12.2. The topological polar surface area (TPSA) is 67.2 Å². The van der Waals surface area contributed by atoms with Crippen molar-refractivity contribution in [2.75, 3.05) is 6.54 Å². The zero-order valence-electron chi connectivity index (χ0n) is 14.6. The van der Waals surface area contributed by atoms with E-state index in [2.05, 4.69) is 10.4 Å². The van der Waals surface area contributed by atoms with Gasteiger partial charge in [0.15, 0.2) is 0 Å². The molecule has 8 heteroatoms. The molecule has 0 spiro atoms. The average molecular weight is 369 g/mol. The molecule has 1 aromatic heterocycles. The van der Waals surface area contributed by atoms with Crippen molar-refractivity contribution in [3.63, 3.8) is 0 Å². The molecular formula is C18H22F3N3O2. The molecule has 5 nitrogen and oxygen atoms in total. The van der Waals surface area contributed by atoms with Gasteiger partial charge in [-0.3, -0.25) is 4.79 Å². The van der Waals surface area contributed by atoms with Crippen molar-refractivity contribution >= 4 is 5.97 Å². The van der Waals surface area contributed by atoms with Crippen molar-refractivity contribution in [3.05, 3.63) is 47.8 Å². The number of carboxylic acid groups (broad SMARTS) is 1. The van der Waals surface area contributed by atoms with Crippen LogP contribution in [0.25, 0.3) is 5.69 Å². The normalized spacial score (nSPS) is 13.2. The zero-order valence-corrected chi connectivity index (χ0v) is 14.6. The van der Waals surface area contributed by atoms with Crippen molar-refractivity contribution in [1.82, 2.24) is 15.1 Å². The summed E-state index contributed by atoms with van der Waals surface area (Å²) in [5.74, 6) is -0.994.